The molecule has 1 unspecified atom stereocenters. The van der Waals surface area contributed by atoms with Gasteiger partial charge >= 0.3 is 0 Å². The standard InChI is InChI=1S/C15H21ClFN/c1-4-15(9(2)3)7-5-6-10-11(15)8-12(18)14(17)13(10)16/h8-9H,4-7,18H2,1-3H3. The highest BCUT2D eigenvalue weighted by molar-refractivity contribution is 6.32. The lowest BCUT2D eigenvalue weighted by Gasteiger charge is -2.42. The number of hydrogen-bond acceptors (Lipinski definition) is 1. The van der Waals surface area contributed by atoms with Gasteiger partial charge < -0.3 is 5.73 Å². The Balaban J connectivity index is 2.70. The summed E-state index contributed by atoms with van der Waals surface area (Å²) in [6.45, 7) is 6.65. The second kappa shape index (κ2) is 4.73. The number of benzene rings is 1. The lowest BCUT2D eigenvalue weighted by molar-refractivity contribution is 0.252. The minimum atomic E-state index is -0.453. The highest BCUT2D eigenvalue weighted by Crippen LogP contribution is 2.48. The van der Waals surface area contributed by atoms with Crippen LogP contribution in [-0.4, -0.2) is 0 Å². The molecule has 1 nitrogen and oxygen atoms in total. The lowest BCUT2D eigenvalue weighted by Crippen LogP contribution is -2.36. The molecule has 100 valence electrons. The largest absolute Gasteiger partial charge is 0.396 e. The molecule has 3 heteroatoms. The highest BCUT2D eigenvalue weighted by Gasteiger charge is 2.39. The molecule has 1 aliphatic rings. The lowest BCUT2D eigenvalue weighted by atomic mass is 9.62. The average Bonchev–Trinajstić information content (AvgIpc) is 2.35. The first-order valence-corrected chi connectivity index (χ1v) is 7.08. The Kier molecular flexibility index (Phi) is 3.59. The van der Waals surface area contributed by atoms with Crippen LogP contribution < -0.4 is 5.73 Å². The molecule has 0 spiro atoms. The Morgan fingerprint density at radius 3 is 2.72 bits per heavy atom. The summed E-state index contributed by atoms with van der Waals surface area (Å²) in [6.07, 6.45) is 4.11. The minimum Gasteiger partial charge on any atom is -0.396 e. The van der Waals surface area contributed by atoms with Crippen molar-refractivity contribution in [2.45, 2.75) is 51.9 Å². The third-order valence-electron chi connectivity index (χ3n) is 4.66. The van der Waals surface area contributed by atoms with Crippen LogP contribution in [0.2, 0.25) is 5.02 Å². The molecule has 2 rings (SSSR count). The second-order valence-corrected chi connectivity index (χ2v) is 6.02. The smallest absolute Gasteiger partial charge is 0.164 e. The monoisotopic (exact) mass is 269 g/mol. The summed E-state index contributed by atoms with van der Waals surface area (Å²) in [4.78, 5) is 0. The zero-order chi connectivity index (χ0) is 13.5. The Morgan fingerprint density at radius 1 is 1.50 bits per heavy atom. The van der Waals surface area contributed by atoms with Crippen LogP contribution in [0.1, 0.15) is 51.2 Å². The fraction of sp³-hybridized carbons (Fsp3) is 0.600. The number of halogens is 2. The minimum absolute atomic E-state index is 0.0963. The molecule has 0 radical (unpaired) electrons. The summed E-state index contributed by atoms with van der Waals surface area (Å²) in [5.41, 5.74) is 8.19. The number of hydrogen-bond donors (Lipinski definition) is 1. The number of nitrogen functional groups attached to an aromatic ring is 1. The fourth-order valence-electron chi connectivity index (χ4n) is 3.46. The van der Waals surface area contributed by atoms with Crippen molar-refractivity contribution < 1.29 is 4.39 Å². The predicted octanol–water partition coefficient (Wildman–Crippen LogP) is 4.70. The summed E-state index contributed by atoms with van der Waals surface area (Å²) >= 11 is 6.15. The van der Waals surface area contributed by atoms with Gasteiger partial charge in [-0.05, 0) is 54.2 Å². The summed E-state index contributed by atoms with van der Waals surface area (Å²) in [6, 6.07) is 1.82. The SMILES string of the molecule is CCC1(C(C)C)CCCc2c1cc(N)c(F)c2Cl. The number of fused-ring (bicyclic) bond motifs is 1. The molecule has 0 bridgehead atoms. The summed E-state index contributed by atoms with van der Waals surface area (Å²) in [7, 11) is 0. The molecule has 2 N–H and O–H groups in total. The number of nitrogens with two attached hydrogens (primary N) is 1. The van der Waals surface area contributed by atoms with E-state index in [-0.39, 0.29) is 16.1 Å². The maximum atomic E-state index is 13.8. The van der Waals surface area contributed by atoms with Gasteiger partial charge in [0.15, 0.2) is 5.82 Å². The van der Waals surface area contributed by atoms with E-state index < -0.39 is 5.82 Å². The van der Waals surface area contributed by atoms with Crippen molar-refractivity contribution in [3.63, 3.8) is 0 Å². The van der Waals surface area contributed by atoms with E-state index in [0.29, 0.717) is 5.92 Å². The topological polar surface area (TPSA) is 26.0 Å². The first-order valence-electron chi connectivity index (χ1n) is 6.71. The third kappa shape index (κ3) is 1.82. The van der Waals surface area contributed by atoms with Gasteiger partial charge in [0.1, 0.15) is 0 Å². The molecule has 0 fully saturated rings. The van der Waals surface area contributed by atoms with Crippen LogP contribution in [0, 0.1) is 11.7 Å². The van der Waals surface area contributed by atoms with E-state index in [1.807, 2.05) is 6.07 Å². The van der Waals surface area contributed by atoms with Crippen LogP contribution in [0.5, 0.6) is 0 Å². The first kappa shape index (κ1) is 13.7. The summed E-state index contributed by atoms with van der Waals surface area (Å²) < 4.78 is 13.8. The van der Waals surface area contributed by atoms with Gasteiger partial charge in [0, 0.05) is 0 Å². The molecule has 0 aromatic heterocycles. The van der Waals surface area contributed by atoms with Gasteiger partial charge in [0.25, 0.3) is 0 Å². The van der Waals surface area contributed by atoms with Gasteiger partial charge in [0.2, 0.25) is 0 Å². The quantitative estimate of drug-likeness (QED) is 0.774. The maximum Gasteiger partial charge on any atom is 0.164 e. The van der Waals surface area contributed by atoms with E-state index in [1.165, 1.54) is 5.56 Å². The van der Waals surface area contributed by atoms with Gasteiger partial charge in [0.05, 0.1) is 10.7 Å². The van der Waals surface area contributed by atoms with Crippen molar-refractivity contribution in [1.29, 1.82) is 0 Å². The molecule has 1 aliphatic carbocycles. The van der Waals surface area contributed by atoms with Gasteiger partial charge in [-0.25, -0.2) is 4.39 Å². The van der Waals surface area contributed by atoms with Crippen molar-refractivity contribution in [3.8, 4) is 0 Å². The van der Waals surface area contributed by atoms with Crippen molar-refractivity contribution in [2.75, 3.05) is 5.73 Å². The van der Waals surface area contributed by atoms with Crippen LogP contribution in [0.25, 0.3) is 0 Å². The Labute approximate surface area is 114 Å². The van der Waals surface area contributed by atoms with E-state index in [0.717, 1.165) is 31.2 Å². The second-order valence-electron chi connectivity index (χ2n) is 5.64. The molecule has 1 aromatic rings. The normalized spacial score (nSPS) is 23.2. The van der Waals surface area contributed by atoms with Gasteiger partial charge in [-0.1, -0.05) is 32.4 Å². The highest BCUT2D eigenvalue weighted by atomic mass is 35.5. The summed E-state index contributed by atoms with van der Waals surface area (Å²) in [5.74, 6) is 0.0496. The average molecular weight is 270 g/mol. The van der Waals surface area contributed by atoms with Crippen molar-refractivity contribution in [3.05, 3.63) is 28.0 Å². The van der Waals surface area contributed by atoms with Crippen LogP contribution in [0.15, 0.2) is 6.07 Å². The zero-order valence-corrected chi connectivity index (χ0v) is 12.1. The zero-order valence-electron chi connectivity index (χ0n) is 11.3. The predicted molar refractivity (Wildman–Crippen MR) is 75.6 cm³/mol. The summed E-state index contributed by atoms with van der Waals surface area (Å²) in [5, 5.41) is 0.239. The molecule has 0 amide bonds. The Bertz CT molecular complexity index is 470. The van der Waals surface area contributed by atoms with E-state index in [1.54, 1.807) is 0 Å². The van der Waals surface area contributed by atoms with Crippen LogP contribution in [-0.2, 0) is 11.8 Å². The van der Waals surface area contributed by atoms with E-state index in [9.17, 15) is 4.39 Å². The van der Waals surface area contributed by atoms with Gasteiger partial charge in [-0.3, -0.25) is 0 Å². The number of anilines is 1. The van der Waals surface area contributed by atoms with Gasteiger partial charge in [-0.2, -0.15) is 0 Å². The van der Waals surface area contributed by atoms with E-state index in [4.69, 9.17) is 17.3 Å². The van der Waals surface area contributed by atoms with Crippen LogP contribution in [0.4, 0.5) is 10.1 Å². The molecule has 0 heterocycles. The first-order chi connectivity index (χ1) is 8.44. The molecule has 0 saturated heterocycles. The van der Waals surface area contributed by atoms with Crippen molar-refractivity contribution in [2.24, 2.45) is 5.92 Å². The molecule has 1 atom stereocenters. The molecule has 1 aromatic carbocycles. The van der Waals surface area contributed by atoms with Crippen LogP contribution >= 0.6 is 11.6 Å². The molecule has 0 aliphatic heterocycles. The van der Waals surface area contributed by atoms with Crippen LogP contribution in [0.3, 0.4) is 0 Å². The molecule has 0 saturated carbocycles. The Hall–Kier alpha value is -0.760. The maximum absolute atomic E-state index is 13.8. The van der Waals surface area contributed by atoms with Crippen molar-refractivity contribution in [1.82, 2.24) is 0 Å². The molecular formula is C15H21ClFN. The van der Waals surface area contributed by atoms with E-state index >= 15 is 0 Å². The number of rotatable bonds is 2. The molecular weight excluding hydrogens is 249 g/mol. The van der Waals surface area contributed by atoms with Crippen molar-refractivity contribution >= 4 is 17.3 Å². The fourth-order valence-corrected chi connectivity index (χ4v) is 3.77. The Morgan fingerprint density at radius 2 is 2.17 bits per heavy atom. The van der Waals surface area contributed by atoms with E-state index in [2.05, 4.69) is 20.8 Å². The van der Waals surface area contributed by atoms with Gasteiger partial charge in [-0.15, -0.1) is 0 Å². The molecule has 18 heavy (non-hydrogen) atoms. The third-order valence-corrected chi connectivity index (χ3v) is 5.05.